The average molecular weight is 393 g/mol. The van der Waals surface area contributed by atoms with Crippen LogP contribution < -0.4 is 10.6 Å². The molecule has 7 nitrogen and oxygen atoms in total. The third kappa shape index (κ3) is 3.09. The van der Waals surface area contributed by atoms with E-state index in [0.717, 1.165) is 47.5 Å². The van der Waals surface area contributed by atoms with Gasteiger partial charge in [-0.05, 0) is 37.0 Å². The monoisotopic (exact) mass is 393 g/mol. The van der Waals surface area contributed by atoms with Gasteiger partial charge in [0.25, 0.3) is 5.91 Å². The zero-order valence-corrected chi connectivity index (χ0v) is 16.2. The first-order valence-corrected chi connectivity index (χ1v) is 10.2. The van der Waals surface area contributed by atoms with E-state index >= 15 is 0 Å². The lowest BCUT2D eigenvalue weighted by Gasteiger charge is -2.17. The van der Waals surface area contributed by atoms with Crippen LogP contribution in [0.3, 0.4) is 0 Å². The highest BCUT2D eigenvalue weighted by molar-refractivity contribution is 7.14. The minimum Gasteiger partial charge on any atom is -0.326 e. The van der Waals surface area contributed by atoms with Gasteiger partial charge in [-0.2, -0.15) is 5.10 Å². The number of fused-ring (bicyclic) bond motifs is 1. The van der Waals surface area contributed by atoms with Gasteiger partial charge in [0.1, 0.15) is 0 Å². The first-order chi connectivity index (χ1) is 13.6. The number of aryl methyl sites for hydroxylation is 2. The van der Waals surface area contributed by atoms with Gasteiger partial charge in [0.15, 0.2) is 5.13 Å². The molecule has 0 spiro atoms. The number of amides is 2. The van der Waals surface area contributed by atoms with Crippen LogP contribution in [0.2, 0.25) is 0 Å². The smallest absolute Gasteiger partial charge is 0.260 e. The van der Waals surface area contributed by atoms with Crippen molar-refractivity contribution in [3.8, 4) is 11.3 Å². The van der Waals surface area contributed by atoms with Crippen molar-refractivity contribution in [1.82, 2.24) is 14.8 Å². The zero-order chi connectivity index (χ0) is 19.3. The van der Waals surface area contributed by atoms with Gasteiger partial charge in [0.2, 0.25) is 5.91 Å². The van der Waals surface area contributed by atoms with Crippen LogP contribution in [0.5, 0.6) is 0 Å². The highest BCUT2D eigenvalue weighted by Gasteiger charge is 2.31. The van der Waals surface area contributed by atoms with Gasteiger partial charge in [-0.3, -0.25) is 19.6 Å². The molecule has 0 unspecified atom stereocenters. The Labute approximate surface area is 165 Å². The van der Waals surface area contributed by atoms with Crippen molar-refractivity contribution in [2.24, 2.45) is 7.05 Å². The molecule has 8 heteroatoms. The molecule has 28 heavy (non-hydrogen) atoms. The molecule has 2 amide bonds. The Hall–Kier alpha value is -3.00. The molecule has 2 aromatic heterocycles. The molecule has 3 heterocycles. The predicted molar refractivity (Wildman–Crippen MR) is 108 cm³/mol. The van der Waals surface area contributed by atoms with Crippen LogP contribution in [-0.2, 0) is 18.3 Å². The van der Waals surface area contributed by atoms with Gasteiger partial charge in [0, 0.05) is 36.0 Å². The first kappa shape index (κ1) is 17.1. The molecule has 1 fully saturated rings. The van der Waals surface area contributed by atoms with Crippen LogP contribution in [0.15, 0.2) is 29.8 Å². The second kappa shape index (κ2) is 6.56. The second-order valence-corrected chi connectivity index (χ2v) is 8.11. The molecule has 3 aromatic rings. The molecule has 1 aliphatic heterocycles. The van der Waals surface area contributed by atoms with E-state index in [0.29, 0.717) is 23.0 Å². The highest BCUT2D eigenvalue weighted by Crippen LogP contribution is 2.41. The summed E-state index contributed by atoms with van der Waals surface area (Å²) in [4.78, 5) is 28.8. The van der Waals surface area contributed by atoms with E-state index in [2.05, 4.69) is 26.8 Å². The maximum Gasteiger partial charge on any atom is 0.260 e. The number of nitrogens with zero attached hydrogens (tertiary/aromatic N) is 3. The normalized spacial score (nSPS) is 15.8. The van der Waals surface area contributed by atoms with Crippen molar-refractivity contribution in [3.05, 3.63) is 46.6 Å². The van der Waals surface area contributed by atoms with E-state index in [1.165, 1.54) is 11.3 Å². The summed E-state index contributed by atoms with van der Waals surface area (Å²) >= 11 is 1.40. The Morgan fingerprint density at radius 2 is 2.18 bits per heavy atom. The standard InChI is InChI=1S/C20H19N5O2S/c1-25-18(11-2-3-11)14(9-21-25)19(27)24-20-23-16(10-28-20)13-4-6-15-12(8-13)5-7-17(26)22-15/h4,6,8-11H,2-3,5,7H2,1H3,(H,22,26)(H,23,24,27). The van der Waals surface area contributed by atoms with Gasteiger partial charge in [0.05, 0.1) is 23.1 Å². The number of hydrogen-bond donors (Lipinski definition) is 2. The van der Waals surface area contributed by atoms with Crippen LogP contribution in [0.25, 0.3) is 11.3 Å². The van der Waals surface area contributed by atoms with Gasteiger partial charge in [-0.1, -0.05) is 6.07 Å². The lowest BCUT2D eigenvalue weighted by Crippen LogP contribution is -2.18. The number of carbonyl (C=O) groups is 2. The number of benzene rings is 1. The zero-order valence-electron chi connectivity index (χ0n) is 15.4. The molecular formula is C20H19N5O2S. The van der Waals surface area contributed by atoms with E-state index in [1.54, 1.807) is 10.9 Å². The molecular weight excluding hydrogens is 374 g/mol. The van der Waals surface area contributed by atoms with Crippen LogP contribution in [-0.4, -0.2) is 26.6 Å². The fraction of sp³-hybridized carbons (Fsp3) is 0.300. The lowest BCUT2D eigenvalue weighted by molar-refractivity contribution is -0.116. The number of thiazole rings is 1. The van der Waals surface area contributed by atoms with Crippen molar-refractivity contribution in [2.45, 2.75) is 31.6 Å². The SMILES string of the molecule is Cn1ncc(C(=O)Nc2nc(-c3ccc4c(c3)CCC(=O)N4)cs2)c1C1CC1. The van der Waals surface area contributed by atoms with Crippen molar-refractivity contribution in [2.75, 3.05) is 10.6 Å². The molecule has 142 valence electrons. The van der Waals surface area contributed by atoms with E-state index in [9.17, 15) is 9.59 Å². The molecule has 1 aliphatic carbocycles. The molecule has 0 bridgehead atoms. The topological polar surface area (TPSA) is 88.9 Å². The van der Waals surface area contributed by atoms with Crippen LogP contribution in [0.1, 0.15) is 46.8 Å². The summed E-state index contributed by atoms with van der Waals surface area (Å²) in [5, 5.41) is 12.5. The number of hydrogen-bond acceptors (Lipinski definition) is 5. The fourth-order valence-corrected chi connectivity index (χ4v) is 4.35. The maximum atomic E-state index is 12.7. The number of nitrogens with one attached hydrogen (secondary N) is 2. The number of anilines is 2. The summed E-state index contributed by atoms with van der Waals surface area (Å²) in [5.74, 6) is 0.333. The highest BCUT2D eigenvalue weighted by atomic mass is 32.1. The van der Waals surface area contributed by atoms with Crippen molar-refractivity contribution in [1.29, 1.82) is 0 Å². The number of rotatable bonds is 4. The predicted octanol–water partition coefficient (Wildman–Crippen LogP) is 3.56. The molecule has 2 N–H and O–H groups in total. The minimum atomic E-state index is -0.163. The van der Waals surface area contributed by atoms with Gasteiger partial charge < -0.3 is 5.32 Å². The van der Waals surface area contributed by atoms with Crippen molar-refractivity contribution in [3.63, 3.8) is 0 Å². The summed E-state index contributed by atoms with van der Waals surface area (Å²) < 4.78 is 1.80. The fourth-order valence-electron chi connectivity index (χ4n) is 3.63. The maximum absolute atomic E-state index is 12.7. The quantitative estimate of drug-likeness (QED) is 0.709. The van der Waals surface area contributed by atoms with Crippen LogP contribution >= 0.6 is 11.3 Å². The van der Waals surface area contributed by atoms with Gasteiger partial charge in [-0.15, -0.1) is 11.3 Å². The Morgan fingerprint density at radius 1 is 1.32 bits per heavy atom. The Balaban J connectivity index is 1.35. The van der Waals surface area contributed by atoms with E-state index in [1.807, 2.05) is 24.6 Å². The molecule has 0 radical (unpaired) electrons. The summed E-state index contributed by atoms with van der Waals surface area (Å²) in [6.07, 6.45) is 5.09. The van der Waals surface area contributed by atoms with Gasteiger partial charge in [-0.25, -0.2) is 4.98 Å². The molecule has 2 aliphatic rings. The van der Waals surface area contributed by atoms with Crippen molar-refractivity contribution >= 4 is 34.0 Å². The molecule has 0 atom stereocenters. The number of aromatic nitrogens is 3. The van der Waals surface area contributed by atoms with Crippen molar-refractivity contribution < 1.29 is 9.59 Å². The molecule has 0 saturated heterocycles. The molecule has 1 saturated carbocycles. The molecule has 5 rings (SSSR count). The van der Waals surface area contributed by atoms with E-state index < -0.39 is 0 Å². The third-order valence-corrected chi connectivity index (χ3v) is 5.97. The summed E-state index contributed by atoms with van der Waals surface area (Å²) in [7, 11) is 1.88. The van der Waals surface area contributed by atoms with E-state index in [4.69, 9.17) is 0 Å². The first-order valence-electron chi connectivity index (χ1n) is 9.30. The van der Waals surface area contributed by atoms with E-state index in [-0.39, 0.29) is 11.8 Å². The number of carbonyl (C=O) groups excluding carboxylic acids is 2. The second-order valence-electron chi connectivity index (χ2n) is 7.25. The third-order valence-electron chi connectivity index (χ3n) is 5.21. The molecule has 1 aromatic carbocycles. The summed E-state index contributed by atoms with van der Waals surface area (Å²) in [5.41, 5.74) is 5.41. The van der Waals surface area contributed by atoms with Crippen LogP contribution in [0.4, 0.5) is 10.8 Å². The Kier molecular flexibility index (Phi) is 4.01. The summed E-state index contributed by atoms with van der Waals surface area (Å²) in [6, 6.07) is 5.91. The van der Waals surface area contributed by atoms with Gasteiger partial charge >= 0.3 is 0 Å². The minimum absolute atomic E-state index is 0.0554. The average Bonchev–Trinajstić information content (AvgIpc) is 3.28. The largest absolute Gasteiger partial charge is 0.326 e. The van der Waals surface area contributed by atoms with Crippen LogP contribution in [0, 0.1) is 0 Å². The Morgan fingerprint density at radius 3 is 3.00 bits per heavy atom. The summed E-state index contributed by atoms with van der Waals surface area (Å²) in [6.45, 7) is 0. The lowest BCUT2D eigenvalue weighted by atomic mass is 9.99. The Bertz CT molecular complexity index is 1100.